The number of carbonyl (C=O) groups excluding carboxylic acids is 2. The molecular formula is C26H24O7. The molecule has 3 aromatic carbocycles. The smallest absolute Gasteiger partial charge is 0.346 e. The number of ether oxygens (including phenoxy) is 3. The second-order valence-electron chi connectivity index (χ2n) is 7.28. The Bertz CT molecular complexity index is 1090. The molecule has 0 amide bonds. The SMILES string of the molecule is COc1ccc(C(=O)C(c2ccc(OCc3ccccc3)cc2)C(OC(C)=O)C(=O)O)cc1. The highest BCUT2D eigenvalue weighted by Gasteiger charge is 2.38. The molecule has 2 atom stereocenters. The minimum atomic E-state index is -1.69. The molecular weight excluding hydrogens is 424 g/mol. The lowest BCUT2D eigenvalue weighted by atomic mass is 9.86. The van der Waals surface area contributed by atoms with Gasteiger partial charge in [0.15, 0.2) is 5.78 Å². The molecule has 0 aromatic heterocycles. The highest BCUT2D eigenvalue weighted by Crippen LogP contribution is 2.29. The Labute approximate surface area is 191 Å². The summed E-state index contributed by atoms with van der Waals surface area (Å²) in [6, 6.07) is 22.4. The Hall–Kier alpha value is -4.13. The highest BCUT2D eigenvalue weighted by atomic mass is 16.6. The fourth-order valence-electron chi connectivity index (χ4n) is 3.35. The number of carboxylic acids is 1. The molecule has 0 aliphatic rings. The molecule has 0 heterocycles. The fraction of sp³-hybridized carbons (Fsp3) is 0.192. The molecule has 0 bridgehead atoms. The van der Waals surface area contributed by atoms with Crippen LogP contribution in [0, 0.1) is 0 Å². The maximum atomic E-state index is 13.3. The van der Waals surface area contributed by atoms with Crippen LogP contribution in [0.4, 0.5) is 0 Å². The van der Waals surface area contributed by atoms with Gasteiger partial charge in [0.1, 0.15) is 18.1 Å². The van der Waals surface area contributed by atoms with Crippen molar-refractivity contribution in [3.8, 4) is 11.5 Å². The lowest BCUT2D eigenvalue weighted by Gasteiger charge is -2.23. The number of rotatable bonds is 10. The first-order chi connectivity index (χ1) is 15.9. The van der Waals surface area contributed by atoms with E-state index in [4.69, 9.17) is 14.2 Å². The summed E-state index contributed by atoms with van der Waals surface area (Å²) in [6.07, 6.45) is -1.69. The topological polar surface area (TPSA) is 99.1 Å². The molecule has 0 aliphatic carbocycles. The van der Waals surface area contributed by atoms with Gasteiger partial charge in [-0.3, -0.25) is 9.59 Å². The zero-order valence-corrected chi connectivity index (χ0v) is 18.3. The van der Waals surface area contributed by atoms with Gasteiger partial charge >= 0.3 is 11.9 Å². The Balaban J connectivity index is 1.89. The van der Waals surface area contributed by atoms with E-state index in [9.17, 15) is 19.5 Å². The van der Waals surface area contributed by atoms with Crippen LogP contribution in [-0.4, -0.2) is 36.0 Å². The van der Waals surface area contributed by atoms with E-state index in [2.05, 4.69) is 0 Å². The van der Waals surface area contributed by atoms with E-state index in [1.165, 1.54) is 19.2 Å². The van der Waals surface area contributed by atoms with Gasteiger partial charge in [-0.2, -0.15) is 0 Å². The van der Waals surface area contributed by atoms with Gasteiger partial charge in [0.25, 0.3) is 0 Å². The summed E-state index contributed by atoms with van der Waals surface area (Å²) in [5, 5.41) is 9.72. The molecule has 0 radical (unpaired) electrons. The first kappa shape index (κ1) is 23.5. The van der Waals surface area contributed by atoms with Gasteiger partial charge in [0.2, 0.25) is 6.10 Å². The summed E-state index contributed by atoms with van der Waals surface area (Å²) in [7, 11) is 1.50. The number of hydrogen-bond acceptors (Lipinski definition) is 6. The minimum Gasteiger partial charge on any atom is -0.497 e. The molecule has 0 saturated heterocycles. The number of aliphatic carboxylic acids is 1. The van der Waals surface area contributed by atoms with Crippen LogP contribution in [0.2, 0.25) is 0 Å². The summed E-state index contributed by atoms with van der Waals surface area (Å²) in [5.74, 6) is -2.85. The fourth-order valence-corrected chi connectivity index (χ4v) is 3.35. The third-order valence-electron chi connectivity index (χ3n) is 4.98. The summed E-state index contributed by atoms with van der Waals surface area (Å²) in [4.78, 5) is 36.9. The first-order valence-electron chi connectivity index (χ1n) is 10.2. The van der Waals surface area contributed by atoms with Crippen molar-refractivity contribution in [3.63, 3.8) is 0 Å². The van der Waals surface area contributed by atoms with Crippen molar-refractivity contribution in [1.29, 1.82) is 0 Å². The standard InChI is InChI=1S/C26H24O7/c1-17(27)33-25(26(29)30)23(24(28)20-10-12-21(31-2)13-11-20)19-8-14-22(15-9-19)32-16-18-6-4-3-5-7-18/h3-15,23,25H,16H2,1-2H3,(H,29,30). The quantitative estimate of drug-likeness (QED) is 0.365. The van der Waals surface area contributed by atoms with Crippen molar-refractivity contribution in [2.24, 2.45) is 0 Å². The molecule has 3 aromatic rings. The Morgan fingerprint density at radius 3 is 2.00 bits per heavy atom. The van der Waals surface area contributed by atoms with Crippen LogP contribution in [-0.2, 0) is 20.9 Å². The van der Waals surface area contributed by atoms with E-state index >= 15 is 0 Å². The van der Waals surface area contributed by atoms with Crippen LogP contribution in [0.25, 0.3) is 0 Å². The zero-order valence-electron chi connectivity index (χ0n) is 18.3. The second-order valence-corrected chi connectivity index (χ2v) is 7.28. The van der Waals surface area contributed by atoms with Gasteiger partial charge in [-0.1, -0.05) is 42.5 Å². The van der Waals surface area contributed by atoms with Gasteiger partial charge in [0.05, 0.1) is 13.0 Å². The number of carboxylic acid groups (broad SMARTS) is 1. The van der Waals surface area contributed by atoms with E-state index < -0.39 is 29.7 Å². The molecule has 0 spiro atoms. The average molecular weight is 448 g/mol. The van der Waals surface area contributed by atoms with Crippen LogP contribution >= 0.6 is 0 Å². The van der Waals surface area contributed by atoms with Crippen molar-refractivity contribution >= 4 is 17.7 Å². The van der Waals surface area contributed by atoms with Crippen LogP contribution in [0.1, 0.15) is 34.3 Å². The normalized spacial score (nSPS) is 12.3. The van der Waals surface area contributed by atoms with Crippen LogP contribution < -0.4 is 9.47 Å². The number of methoxy groups -OCH3 is 1. The highest BCUT2D eigenvalue weighted by molar-refractivity contribution is 6.04. The molecule has 0 fully saturated rings. The number of esters is 1. The maximum absolute atomic E-state index is 13.3. The van der Waals surface area contributed by atoms with Crippen LogP contribution in [0.15, 0.2) is 78.9 Å². The average Bonchev–Trinajstić information content (AvgIpc) is 2.83. The van der Waals surface area contributed by atoms with Crippen LogP contribution in [0.3, 0.4) is 0 Å². The Kier molecular flexibility index (Phi) is 7.81. The maximum Gasteiger partial charge on any atom is 0.346 e. The van der Waals surface area contributed by atoms with Crippen molar-refractivity contribution in [3.05, 3.63) is 95.6 Å². The van der Waals surface area contributed by atoms with Crippen molar-refractivity contribution in [1.82, 2.24) is 0 Å². The predicted molar refractivity (Wildman–Crippen MR) is 120 cm³/mol. The summed E-state index contributed by atoms with van der Waals surface area (Å²) >= 11 is 0. The molecule has 7 nitrogen and oxygen atoms in total. The number of benzene rings is 3. The molecule has 0 saturated carbocycles. The van der Waals surface area contributed by atoms with Gasteiger partial charge in [0, 0.05) is 12.5 Å². The Morgan fingerprint density at radius 2 is 1.45 bits per heavy atom. The van der Waals surface area contributed by atoms with E-state index in [0.717, 1.165) is 12.5 Å². The molecule has 2 unspecified atom stereocenters. The van der Waals surface area contributed by atoms with Crippen molar-refractivity contribution in [2.45, 2.75) is 25.6 Å². The third kappa shape index (κ3) is 6.20. The first-order valence-corrected chi connectivity index (χ1v) is 10.2. The van der Waals surface area contributed by atoms with Crippen LogP contribution in [0.5, 0.6) is 11.5 Å². The summed E-state index contributed by atoms with van der Waals surface area (Å²) < 4.78 is 15.9. The van der Waals surface area contributed by atoms with E-state index in [-0.39, 0.29) is 5.56 Å². The molecule has 33 heavy (non-hydrogen) atoms. The van der Waals surface area contributed by atoms with E-state index in [0.29, 0.717) is 23.7 Å². The largest absolute Gasteiger partial charge is 0.497 e. The molecule has 1 N–H and O–H groups in total. The second kappa shape index (κ2) is 10.9. The van der Waals surface area contributed by atoms with Crippen molar-refractivity contribution < 1.29 is 33.7 Å². The molecule has 170 valence electrons. The molecule has 3 rings (SSSR count). The Morgan fingerprint density at radius 1 is 0.848 bits per heavy atom. The van der Waals surface area contributed by atoms with Gasteiger partial charge < -0.3 is 19.3 Å². The number of ketones is 1. The third-order valence-corrected chi connectivity index (χ3v) is 4.98. The van der Waals surface area contributed by atoms with Gasteiger partial charge in [-0.25, -0.2) is 4.79 Å². The summed E-state index contributed by atoms with van der Waals surface area (Å²) in [6.45, 7) is 1.46. The summed E-state index contributed by atoms with van der Waals surface area (Å²) in [5.41, 5.74) is 1.65. The van der Waals surface area contributed by atoms with Gasteiger partial charge in [-0.15, -0.1) is 0 Å². The minimum absolute atomic E-state index is 0.267. The zero-order chi connectivity index (χ0) is 23.8. The lowest BCUT2D eigenvalue weighted by molar-refractivity contribution is -0.163. The molecule has 7 heteroatoms. The number of Topliss-reactive ketones (excluding diaryl/α,β-unsaturated/α-hetero) is 1. The molecule has 0 aliphatic heterocycles. The number of carbonyl (C=O) groups is 3. The predicted octanol–water partition coefficient (Wildman–Crippen LogP) is 4.26. The van der Waals surface area contributed by atoms with Gasteiger partial charge in [-0.05, 0) is 47.5 Å². The lowest BCUT2D eigenvalue weighted by Crippen LogP contribution is -2.37. The van der Waals surface area contributed by atoms with E-state index in [1.807, 2.05) is 30.3 Å². The van der Waals surface area contributed by atoms with Crippen molar-refractivity contribution in [2.75, 3.05) is 7.11 Å². The monoisotopic (exact) mass is 448 g/mol. The number of hydrogen-bond donors (Lipinski definition) is 1. The van der Waals surface area contributed by atoms with E-state index in [1.54, 1.807) is 36.4 Å².